The summed E-state index contributed by atoms with van der Waals surface area (Å²) in [6.07, 6.45) is 5.02. The zero-order valence-electron chi connectivity index (χ0n) is 11.6. The highest BCUT2D eigenvalue weighted by Crippen LogP contribution is 2.22. The molecule has 1 aliphatic heterocycles. The van der Waals surface area contributed by atoms with E-state index in [9.17, 15) is 8.42 Å². The lowest BCUT2D eigenvalue weighted by Crippen LogP contribution is -2.29. The standard InChI is InChI=1S/C14H22N2O2S/c1-12(15-19(2,17)18)13-6-8-14(9-7-13)16-10-4-3-5-11-16/h6-9,12,15H,3-5,10-11H2,1-2H3/t12-/m0/s1. The Kier molecular flexibility index (Phi) is 4.47. The second-order valence-corrected chi connectivity index (χ2v) is 7.03. The predicted molar refractivity (Wildman–Crippen MR) is 78.9 cm³/mol. The van der Waals surface area contributed by atoms with E-state index in [0.29, 0.717) is 0 Å². The topological polar surface area (TPSA) is 49.4 Å². The smallest absolute Gasteiger partial charge is 0.209 e. The van der Waals surface area contributed by atoms with Crippen molar-refractivity contribution in [1.82, 2.24) is 4.72 Å². The molecular weight excluding hydrogens is 260 g/mol. The molecule has 106 valence electrons. The number of nitrogens with one attached hydrogen (secondary N) is 1. The summed E-state index contributed by atoms with van der Waals surface area (Å²) in [4.78, 5) is 2.39. The van der Waals surface area contributed by atoms with Crippen LogP contribution in [0.5, 0.6) is 0 Å². The lowest BCUT2D eigenvalue weighted by molar-refractivity contribution is 0.572. The lowest BCUT2D eigenvalue weighted by Gasteiger charge is -2.29. The maximum Gasteiger partial charge on any atom is 0.209 e. The second kappa shape index (κ2) is 5.92. The van der Waals surface area contributed by atoms with E-state index in [2.05, 4.69) is 21.8 Å². The van der Waals surface area contributed by atoms with Gasteiger partial charge in [0.15, 0.2) is 0 Å². The molecule has 1 heterocycles. The molecule has 0 aromatic heterocycles. The van der Waals surface area contributed by atoms with Gasteiger partial charge in [-0.3, -0.25) is 0 Å². The Labute approximate surface area is 115 Å². The third kappa shape index (κ3) is 4.21. The molecule has 0 unspecified atom stereocenters. The molecule has 5 heteroatoms. The van der Waals surface area contributed by atoms with Gasteiger partial charge in [-0.05, 0) is 43.9 Å². The van der Waals surface area contributed by atoms with Crippen LogP contribution in [0.15, 0.2) is 24.3 Å². The highest BCUT2D eigenvalue weighted by molar-refractivity contribution is 7.88. The van der Waals surface area contributed by atoms with Gasteiger partial charge in [0.2, 0.25) is 10.0 Å². The van der Waals surface area contributed by atoms with Crippen molar-refractivity contribution in [3.63, 3.8) is 0 Å². The van der Waals surface area contributed by atoms with E-state index >= 15 is 0 Å². The van der Waals surface area contributed by atoms with Crippen LogP contribution in [0.2, 0.25) is 0 Å². The van der Waals surface area contributed by atoms with Crippen molar-refractivity contribution in [2.75, 3.05) is 24.2 Å². The Morgan fingerprint density at radius 1 is 1.11 bits per heavy atom. The van der Waals surface area contributed by atoms with Crippen molar-refractivity contribution < 1.29 is 8.42 Å². The summed E-state index contributed by atoms with van der Waals surface area (Å²) >= 11 is 0. The van der Waals surface area contributed by atoms with Crippen LogP contribution >= 0.6 is 0 Å². The monoisotopic (exact) mass is 282 g/mol. The Morgan fingerprint density at radius 2 is 1.68 bits per heavy atom. The minimum atomic E-state index is -3.16. The van der Waals surface area contributed by atoms with E-state index in [-0.39, 0.29) is 6.04 Å². The summed E-state index contributed by atoms with van der Waals surface area (Å²) in [6.45, 7) is 4.10. The van der Waals surface area contributed by atoms with Crippen LogP contribution in [0, 0.1) is 0 Å². The van der Waals surface area contributed by atoms with Gasteiger partial charge in [0.1, 0.15) is 0 Å². The minimum absolute atomic E-state index is 0.189. The number of rotatable bonds is 4. The number of benzene rings is 1. The van der Waals surface area contributed by atoms with Crippen molar-refractivity contribution >= 4 is 15.7 Å². The van der Waals surface area contributed by atoms with Gasteiger partial charge in [-0.1, -0.05) is 12.1 Å². The highest BCUT2D eigenvalue weighted by Gasteiger charge is 2.13. The summed E-state index contributed by atoms with van der Waals surface area (Å²) in [7, 11) is -3.16. The zero-order chi connectivity index (χ0) is 13.9. The average Bonchev–Trinajstić information content (AvgIpc) is 2.38. The van der Waals surface area contributed by atoms with Crippen LogP contribution in [0.1, 0.15) is 37.8 Å². The van der Waals surface area contributed by atoms with Crippen LogP contribution < -0.4 is 9.62 Å². The zero-order valence-corrected chi connectivity index (χ0v) is 12.4. The van der Waals surface area contributed by atoms with Crippen molar-refractivity contribution in [2.45, 2.75) is 32.2 Å². The second-order valence-electron chi connectivity index (χ2n) is 5.25. The van der Waals surface area contributed by atoms with Crippen LogP contribution in [-0.2, 0) is 10.0 Å². The molecule has 1 fully saturated rings. The van der Waals surface area contributed by atoms with Crippen molar-refractivity contribution in [1.29, 1.82) is 0 Å². The van der Waals surface area contributed by atoms with Gasteiger partial charge < -0.3 is 4.90 Å². The molecule has 1 aliphatic rings. The van der Waals surface area contributed by atoms with Crippen LogP contribution in [0.25, 0.3) is 0 Å². The molecule has 0 amide bonds. The molecule has 1 saturated heterocycles. The molecule has 1 aromatic rings. The number of nitrogens with zero attached hydrogens (tertiary/aromatic N) is 1. The quantitative estimate of drug-likeness (QED) is 0.922. The molecule has 1 atom stereocenters. The molecule has 0 saturated carbocycles. The Hall–Kier alpha value is -1.07. The first-order chi connectivity index (χ1) is 8.96. The molecular formula is C14H22N2O2S. The van der Waals surface area contributed by atoms with Crippen LogP contribution in [0.3, 0.4) is 0 Å². The fourth-order valence-electron chi connectivity index (χ4n) is 2.52. The molecule has 1 aromatic carbocycles. The van der Waals surface area contributed by atoms with Crippen molar-refractivity contribution in [3.8, 4) is 0 Å². The summed E-state index contributed by atoms with van der Waals surface area (Å²) in [5.41, 5.74) is 2.22. The molecule has 0 spiro atoms. The van der Waals surface area contributed by atoms with E-state index in [1.807, 2.05) is 19.1 Å². The van der Waals surface area contributed by atoms with E-state index in [1.165, 1.54) is 31.2 Å². The third-order valence-corrected chi connectivity index (χ3v) is 4.29. The molecule has 0 aliphatic carbocycles. The predicted octanol–water partition coefficient (Wildman–Crippen LogP) is 2.29. The summed E-state index contributed by atoms with van der Waals surface area (Å²) in [5, 5.41) is 0. The number of sulfonamides is 1. The first-order valence-corrected chi connectivity index (χ1v) is 8.67. The number of piperidine rings is 1. The van der Waals surface area contributed by atoms with Gasteiger partial charge in [0.05, 0.1) is 6.26 Å². The SMILES string of the molecule is C[C@H](NS(C)(=O)=O)c1ccc(N2CCCCC2)cc1. The summed E-state index contributed by atoms with van der Waals surface area (Å²) in [6, 6.07) is 7.99. The summed E-state index contributed by atoms with van der Waals surface area (Å²) < 4.78 is 25.0. The fraction of sp³-hybridized carbons (Fsp3) is 0.571. The van der Waals surface area contributed by atoms with Gasteiger partial charge in [-0.2, -0.15) is 0 Å². The van der Waals surface area contributed by atoms with Crippen molar-refractivity contribution in [3.05, 3.63) is 29.8 Å². The molecule has 0 radical (unpaired) electrons. The van der Waals surface area contributed by atoms with Gasteiger partial charge in [-0.15, -0.1) is 0 Å². The van der Waals surface area contributed by atoms with Gasteiger partial charge >= 0.3 is 0 Å². The van der Waals surface area contributed by atoms with Crippen LogP contribution in [-0.4, -0.2) is 27.8 Å². The van der Waals surface area contributed by atoms with E-state index in [4.69, 9.17) is 0 Å². The Bertz CT molecular complexity index is 505. The minimum Gasteiger partial charge on any atom is -0.372 e. The van der Waals surface area contributed by atoms with E-state index in [0.717, 1.165) is 18.7 Å². The number of hydrogen-bond acceptors (Lipinski definition) is 3. The molecule has 2 rings (SSSR count). The first kappa shape index (κ1) is 14.3. The van der Waals surface area contributed by atoms with Crippen LogP contribution in [0.4, 0.5) is 5.69 Å². The van der Waals surface area contributed by atoms with E-state index in [1.54, 1.807) is 0 Å². The fourth-order valence-corrected chi connectivity index (χ4v) is 3.29. The third-order valence-electron chi connectivity index (χ3n) is 3.51. The highest BCUT2D eigenvalue weighted by atomic mass is 32.2. The molecule has 0 bridgehead atoms. The van der Waals surface area contributed by atoms with Gasteiger partial charge in [0, 0.05) is 24.8 Å². The number of hydrogen-bond donors (Lipinski definition) is 1. The molecule has 19 heavy (non-hydrogen) atoms. The average molecular weight is 282 g/mol. The lowest BCUT2D eigenvalue weighted by atomic mass is 10.1. The normalized spacial score (nSPS) is 18.3. The largest absolute Gasteiger partial charge is 0.372 e. The van der Waals surface area contributed by atoms with Gasteiger partial charge in [0.25, 0.3) is 0 Å². The Balaban J connectivity index is 2.05. The summed E-state index contributed by atoms with van der Waals surface area (Å²) in [5.74, 6) is 0. The van der Waals surface area contributed by atoms with Gasteiger partial charge in [-0.25, -0.2) is 13.1 Å². The maximum atomic E-state index is 11.2. The van der Waals surface area contributed by atoms with E-state index < -0.39 is 10.0 Å². The van der Waals surface area contributed by atoms with Crippen molar-refractivity contribution in [2.24, 2.45) is 0 Å². The maximum absolute atomic E-state index is 11.2. The molecule has 4 nitrogen and oxygen atoms in total. The Morgan fingerprint density at radius 3 is 2.21 bits per heavy atom. The first-order valence-electron chi connectivity index (χ1n) is 6.78. The molecule has 1 N–H and O–H groups in total. The number of anilines is 1.